The molecule has 5 rings (SSSR count). The summed E-state index contributed by atoms with van der Waals surface area (Å²) in [5.41, 5.74) is 3.15. The number of benzene rings is 3. The summed E-state index contributed by atoms with van der Waals surface area (Å²) in [6, 6.07) is 20.8. The summed E-state index contributed by atoms with van der Waals surface area (Å²) in [4.78, 5) is 22.6. The maximum absolute atomic E-state index is 12.1. The second-order valence-electron chi connectivity index (χ2n) is 7.95. The molecule has 0 saturated carbocycles. The van der Waals surface area contributed by atoms with Crippen molar-refractivity contribution in [3.05, 3.63) is 110 Å². The first-order chi connectivity index (χ1) is 17.9. The van der Waals surface area contributed by atoms with Crippen LogP contribution in [0.1, 0.15) is 11.1 Å². The number of carboxylic acid groups (broad SMARTS) is 1. The molecule has 9 nitrogen and oxygen atoms in total. The first-order valence-electron chi connectivity index (χ1n) is 10.9. The number of thioether (sulfide) groups is 1. The number of aliphatic carboxylic acids is 1. The van der Waals surface area contributed by atoms with Gasteiger partial charge < -0.3 is 14.1 Å². The van der Waals surface area contributed by atoms with E-state index in [4.69, 9.17) is 16.0 Å². The van der Waals surface area contributed by atoms with E-state index < -0.39 is 10.9 Å². The van der Waals surface area contributed by atoms with Crippen LogP contribution >= 0.6 is 23.4 Å². The van der Waals surface area contributed by atoms with Crippen molar-refractivity contribution in [2.75, 3.05) is 0 Å². The average Bonchev–Trinajstić information content (AvgIpc) is 3.49. The minimum absolute atomic E-state index is 0.00421. The Labute approximate surface area is 219 Å². The molecule has 0 saturated heterocycles. The van der Waals surface area contributed by atoms with E-state index in [1.807, 2.05) is 35.0 Å². The highest BCUT2D eigenvalue weighted by atomic mass is 35.5. The second kappa shape index (κ2) is 10.3. The summed E-state index contributed by atoms with van der Waals surface area (Å²) in [7, 11) is 0. The molecule has 0 aliphatic rings. The molecule has 0 atom stereocenters. The van der Waals surface area contributed by atoms with Gasteiger partial charge >= 0.3 is 5.97 Å². The van der Waals surface area contributed by atoms with Crippen molar-refractivity contribution in [1.29, 1.82) is 0 Å². The number of nitrogens with zero attached hydrogens (tertiary/aromatic N) is 4. The molecule has 3 aromatic carbocycles. The molecule has 1 N–H and O–H groups in total. The summed E-state index contributed by atoms with van der Waals surface area (Å²) in [6.45, 7) is 0.454. The minimum Gasteiger partial charge on any atom is -0.477 e. The predicted octanol–water partition coefficient (Wildman–Crippen LogP) is 6.52. The minimum atomic E-state index is -1.14. The maximum atomic E-state index is 12.1. The standard InChI is InChI=1S/C26H17ClN4O5S/c27-19-9-7-17(8-10-19)24-28-29-26(36-24)37-23(25(32)33)13-18-15-30(22-4-2-1-3-21(18)22)14-16-5-11-20(12-6-16)31(34)35/h1-13,15H,14H2,(H,32,33)/b23-13-. The number of hydrogen-bond donors (Lipinski definition) is 1. The van der Waals surface area contributed by atoms with Gasteiger partial charge in [0, 0.05) is 51.9 Å². The van der Waals surface area contributed by atoms with E-state index in [0.29, 0.717) is 22.7 Å². The Morgan fingerprint density at radius 2 is 1.81 bits per heavy atom. The van der Waals surface area contributed by atoms with Crippen LogP contribution in [0.3, 0.4) is 0 Å². The summed E-state index contributed by atoms with van der Waals surface area (Å²) >= 11 is 6.78. The lowest BCUT2D eigenvalue weighted by molar-refractivity contribution is -0.384. The van der Waals surface area contributed by atoms with Gasteiger partial charge in [-0.2, -0.15) is 0 Å². The monoisotopic (exact) mass is 532 g/mol. The SMILES string of the molecule is O=C(O)/C(=C/c1cn(Cc2ccc([N+](=O)[O-])cc2)c2ccccc12)Sc1nnc(-c2ccc(Cl)cc2)o1. The van der Waals surface area contributed by atoms with Crippen LogP contribution in [0, 0.1) is 10.1 Å². The number of nitro benzene ring substituents is 1. The maximum Gasteiger partial charge on any atom is 0.342 e. The Hall–Kier alpha value is -4.41. The Morgan fingerprint density at radius 1 is 1.08 bits per heavy atom. The molecule has 37 heavy (non-hydrogen) atoms. The van der Waals surface area contributed by atoms with Crippen LogP contribution in [0.25, 0.3) is 28.4 Å². The van der Waals surface area contributed by atoms with Gasteiger partial charge in [0.25, 0.3) is 10.9 Å². The molecule has 0 fully saturated rings. The summed E-state index contributed by atoms with van der Waals surface area (Å²) in [5, 5.41) is 30.3. The van der Waals surface area contributed by atoms with E-state index in [-0.39, 0.29) is 21.7 Å². The fourth-order valence-electron chi connectivity index (χ4n) is 3.77. The van der Waals surface area contributed by atoms with Gasteiger partial charge in [-0.05, 0) is 53.7 Å². The van der Waals surface area contributed by atoms with Gasteiger partial charge in [0.2, 0.25) is 5.89 Å². The van der Waals surface area contributed by atoms with E-state index >= 15 is 0 Å². The van der Waals surface area contributed by atoms with Crippen LogP contribution in [0.5, 0.6) is 0 Å². The van der Waals surface area contributed by atoms with E-state index in [1.165, 1.54) is 12.1 Å². The lowest BCUT2D eigenvalue weighted by Gasteiger charge is -2.05. The van der Waals surface area contributed by atoms with Crippen molar-refractivity contribution in [2.24, 2.45) is 0 Å². The van der Waals surface area contributed by atoms with Crippen molar-refractivity contribution in [3.63, 3.8) is 0 Å². The molecule has 0 unspecified atom stereocenters. The quantitative estimate of drug-likeness (QED) is 0.104. The number of non-ortho nitro benzene ring substituents is 1. The number of rotatable bonds is 8. The number of para-hydroxylation sites is 1. The van der Waals surface area contributed by atoms with E-state index in [2.05, 4.69) is 10.2 Å². The predicted molar refractivity (Wildman–Crippen MR) is 140 cm³/mol. The van der Waals surface area contributed by atoms with Crippen molar-refractivity contribution >= 4 is 52.0 Å². The van der Waals surface area contributed by atoms with Crippen molar-refractivity contribution in [3.8, 4) is 11.5 Å². The highest BCUT2D eigenvalue weighted by molar-refractivity contribution is 8.03. The van der Waals surface area contributed by atoms with Crippen LogP contribution in [0.2, 0.25) is 5.02 Å². The van der Waals surface area contributed by atoms with Crippen molar-refractivity contribution in [2.45, 2.75) is 11.8 Å². The molecule has 0 spiro atoms. The van der Waals surface area contributed by atoms with Crippen LogP contribution in [0.15, 0.2) is 93.5 Å². The zero-order valence-electron chi connectivity index (χ0n) is 18.9. The molecule has 11 heteroatoms. The molecule has 0 amide bonds. The third-order valence-electron chi connectivity index (χ3n) is 5.51. The van der Waals surface area contributed by atoms with Crippen molar-refractivity contribution in [1.82, 2.24) is 14.8 Å². The normalized spacial score (nSPS) is 11.6. The largest absolute Gasteiger partial charge is 0.477 e. The number of hydrogen-bond acceptors (Lipinski definition) is 7. The number of halogens is 1. The molecule has 0 bridgehead atoms. The van der Waals surface area contributed by atoms with Gasteiger partial charge in [0.1, 0.15) is 4.91 Å². The number of fused-ring (bicyclic) bond motifs is 1. The third kappa shape index (κ3) is 5.40. The molecule has 184 valence electrons. The smallest absolute Gasteiger partial charge is 0.342 e. The van der Waals surface area contributed by atoms with Crippen LogP contribution in [0.4, 0.5) is 5.69 Å². The molecule has 5 aromatic rings. The summed E-state index contributed by atoms with van der Waals surface area (Å²) in [5.74, 6) is -0.882. The molecular weight excluding hydrogens is 516 g/mol. The lowest BCUT2D eigenvalue weighted by Crippen LogP contribution is -1.98. The highest BCUT2D eigenvalue weighted by Crippen LogP contribution is 2.32. The first-order valence-corrected chi connectivity index (χ1v) is 12.1. The molecular formula is C26H17ClN4O5S. The van der Waals surface area contributed by atoms with Gasteiger partial charge in [-0.25, -0.2) is 4.79 Å². The van der Waals surface area contributed by atoms with Crippen LogP contribution < -0.4 is 0 Å². The van der Waals surface area contributed by atoms with Crippen molar-refractivity contribution < 1.29 is 19.2 Å². The number of nitro groups is 1. The Morgan fingerprint density at radius 3 is 2.51 bits per heavy atom. The Kier molecular flexibility index (Phi) is 6.76. The number of aromatic nitrogens is 3. The summed E-state index contributed by atoms with van der Waals surface area (Å²) < 4.78 is 7.64. The average molecular weight is 533 g/mol. The van der Waals surface area contributed by atoms with E-state index in [0.717, 1.165) is 28.2 Å². The fraction of sp³-hybridized carbons (Fsp3) is 0.0385. The van der Waals surface area contributed by atoms with Crippen LogP contribution in [-0.2, 0) is 11.3 Å². The Balaban J connectivity index is 1.45. The molecule has 2 heterocycles. The lowest BCUT2D eigenvalue weighted by atomic mass is 10.1. The molecule has 0 aliphatic heterocycles. The first kappa shape index (κ1) is 24.3. The van der Waals surface area contributed by atoms with Crippen LogP contribution in [-0.4, -0.2) is 30.8 Å². The summed E-state index contributed by atoms with van der Waals surface area (Å²) in [6.07, 6.45) is 3.41. The number of carbonyl (C=O) groups is 1. The van der Waals surface area contributed by atoms with Gasteiger partial charge in [-0.15, -0.1) is 10.2 Å². The van der Waals surface area contributed by atoms with Gasteiger partial charge in [-0.1, -0.05) is 41.9 Å². The topological polar surface area (TPSA) is 124 Å². The number of carboxylic acids is 1. The van der Waals surface area contributed by atoms with Gasteiger partial charge in [-0.3, -0.25) is 10.1 Å². The zero-order valence-corrected chi connectivity index (χ0v) is 20.5. The molecule has 0 aliphatic carbocycles. The molecule has 2 aromatic heterocycles. The highest BCUT2D eigenvalue weighted by Gasteiger charge is 2.18. The zero-order chi connectivity index (χ0) is 25.9. The van der Waals surface area contributed by atoms with E-state index in [1.54, 1.807) is 42.5 Å². The van der Waals surface area contributed by atoms with E-state index in [9.17, 15) is 20.0 Å². The molecule has 0 radical (unpaired) electrons. The fourth-order valence-corrected chi connectivity index (χ4v) is 4.56. The van der Waals surface area contributed by atoms with Gasteiger partial charge in [0.05, 0.1) is 4.92 Å². The third-order valence-corrected chi connectivity index (χ3v) is 6.62. The second-order valence-corrected chi connectivity index (χ2v) is 9.38. The Bertz CT molecular complexity index is 1640. The van der Waals surface area contributed by atoms with Gasteiger partial charge in [0.15, 0.2) is 0 Å².